The van der Waals surface area contributed by atoms with Crippen molar-refractivity contribution >= 4 is 17.8 Å². The largest absolute Gasteiger partial charge is 0.448 e. The smallest absolute Gasteiger partial charge is 0.338 e. The highest BCUT2D eigenvalue weighted by Gasteiger charge is 2.25. The summed E-state index contributed by atoms with van der Waals surface area (Å²) in [6.07, 6.45) is -1.97. The average molecular weight is 252 g/mol. The number of nitrogens with two attached hydrogens (primary N) is 1. The van der Waals surface area contributed by atoms with Gasteiger partial charge in [0, 0.05) is 0 Å². The Bertz CT molecular complexity index is 446. The van der Waals surface area contributed by atoms with Crippen molar-refractivity contribution < 1.29 is 24.3 Å². The van der Waals surface area contributed by atoms with Crippen LogP contribution >= 0.6 is 0 Å². The molecule has 0 fully saturated rings. The van der Waals surface area contributed by atoms with Crippen molar-refractivity contribution in [3.63, 3.8) is 0 Å². The molecule has 1 aromatic carbocycles. The monoisotopic (exact) mass is 252 g/mol. The molecule has 4 N–H and O–H groups in total. The first-order valence-electron chi connectivity index (χ1n) is 5.03. The number of nitrogens with one attached hydrogen (secondary N) is 1. The Morgan fingerprint density at radius 3 is 2.39 bits per heavy atom. The van der Waals surface area contributed by atoms with Crippen LogP contribution < -0.4 is 11.2 Å². The fourth-order valence-electron chi connectivity index (χ4n) is 1.21. The molecule has 7 heteroatoms. The highest BCUT2D eigenvalue weighted by atomic mass is 16.6. The first kappa shape index (κ1) is 13.7. The van der Waals surface area contributed by atoms with E-state index in [0.717, 1.165) is 0 Å². The van der Waals surface area contributed by atoms with Crippen molar-refractivity contribution in [3.8, 4) is 0 Å². The second kappa shape index (κ2) is 6.36. The molecule has 7 nitrogen and oxygen atoms in total. The molecule has 0 spiro atoms. The van der Waals surface area contributed by atoms with E-state index in [4.69, 9.17) is 15.7 Å². The SMILES string of the molecule is NC(=O)CC(OC(=O)c1ccccc1)C(=O)NO. The number of esters is 1. The van der Waals surface area contributed by atoms with Gasteiger partial charge in [-0.15, -0.1) is 0 Å². The van der Waals surface area contributed by atoms with E-state index in [1.807, 2.05) is 0 Å². The van der Waals surface area contributed by atoms with Crippen molar-refractivity contribution in [1.82, 2.24) is 5.48 Å². The van der Waals surface area contributed by atoms with Crippen molar-refractivity contribution in [2.24, 2.45) is 5.73 Å². The maximum Gasteiger partial charge on any atom is 0.338 e. The van der Waals surface area contributed by atoms with Crippen molar-refractivity contribution in [1.29, 1.82) is 0 Å². The van der Waals surface area contributed by atoms with Gasteiger partial charge in [-0.05, 0) is 12.1 Å². The third-order valence-electron chi connectivity index (χ3n) is 2.05. The normalized spacial score (nSPS) is 11.4. The fraction of sp³-hybridized carbons (Fsp3) is 0.182. The lowest BCUT2D eigenvalue weighted by atomic mass is 10.2. The topological polar surface area (TPSA) is 119 Å². The first-order chi connectivity index (χ1) is 8.54. The number of rotatable bonds is 5. The molecule has 0 bridgehead atoms. The van der Waals surface area contributed by atoms with Crippen LogP contribution in [0.3, 0.4) is 0 Å². The molecular weight excluding hydrogens is 240 g/mol. The molecule has 1 unspecified atom stereocenters. The van der Waals surface area contributed by atoms with Gasteiger partial charge in [0.1, 0.15) is 0 Å². The molecule has 1 aromatic rings. The summed E-state index contributed by atoms with van der Waals surface area (Å²) in [4.78, 5) is 33.5. The number of primary amides is 1. The van der Waals surface area contributed by atoms with Crippen LogP contribution in [-0.4, -0.2) is 29.1 Å². The molecule has 96 valence electrons. The molecule has 0 aromatic heterocycles. The third-order valence-corrected chi connectivity index (χ3v) is 2.05. The van der Waals surface area contributed by atoms with Gasteiger partial charge in [-0.25, -0.2) is 10.3 Å². The molecule has 0 aliphatic carbocycles. The van der Waals surface area contributed by atoms with Crippen LogP contribution in [0.2, 0.25) is 0 Å². The van der Waals surface area contributed by atoms with Crippen molar-refractivity contribution in [2.75, 3.05) is 0 Å². The van der Waals surface area contributed by atoms with Crippen molar-refractivity contribution in [3.05, 3.63) is 35.9 Å². The second-order valence-electron chi connectivity index (χ2n) is 3.41. The summed E-state index contributed by atoms with van der Waals surface area (Å²) in [6, 6.07) is 7.91. The molecule has 18 heavy (non-hydrogen) atoms. The predicted octanol–water partition coefficient (Wildman–Crippen LogP) is -0.407. The minimum Gasteiger partial charge on any atom is -0.448 e. The van der Waals surface area contributed by atoms with E-state index >= 15 is 0 Å². The Morgan fingerprint density at radius 2 is 1.89 bits per heavy atom. The van der Waals surface area contributed by atoms with Crippen LogP contribution in [-0.2, 0) is 14.3 Å². The highest BCUT2D eigenvalue weighted by Crippen LogP contribution is 2.06. The van der Waals surface area contributed by atoms with E-state index in [-0.39, 0.29) is 5.56 Å². The summed E-state index contributed by atoms with van der Waals surface area (Å²) >= 11 is 0. The van der Waals surface area contributed by atoms with Gasteiger partial charge in [-0.1, -0.05) is 18.2 Å². The lowest BCUT2D eigenvalue weighted by Gasteiger charge is -2.14. The zero-order valence-corrected chi connectivity index (χ0v) is 9.33. The van der Waals surface area contributed by atoms with Gasteiger partial charge in [-0.2, -0.15) is 0 Å². The number of hydrogen-bond donors (Lipinski definition) is 3. The number of benzene rings is 1. The van der Waals surface area contributed by atoms with E-state index < -0.39 is 30.3 Å². The standard InChI is InChI=1S/C11H12N2O5/c12-9(14)6-8(10(15)13-17)18-11(16)7-4-2-1-3-5-7/h1-5,8,17H,6H2,(H2,12,14)(H,13,15). The predicted molar refractivity (Wildman–Crippen MR) is 59.4 cm³/mol. The first-order valence-corrected chi connectivity index (χ1v) is 5.03. The van der Waals surface area contributed by atoms with Crippen LogP contribution in [0.4, 0.5) is 0 Å². The van der Waals surface area contributed by atoms with Crippen LogP contribution in [0, 0.1) is 0 Å². The van der Waals surface area contributed by atoms with E-state index in [9.17, 15) is 14.4 Å². The van der Waals surface area contributed by atoms with E-state index in [0.29, 0.717) is 0 Å². The minimum absolute atomic E-state index is 0.220. The Labute approximate surface area is 102 Å². The van der Waals surface area contributed by atoms with Crippen molar-refractivity contribution in [2.45, 2.75) is 12.5 Å². The molecule has 0 heterocycles. The summed E-state index contributed by atoms with van der Waals surface area (Å²) in [7, 11) is 0. The van der Waals surface area contributed by atoms with Gasteiger partial charge < -0.3 is 10.5 Å². The van der Waals surface area contributed by atoms with Crippen LogP contribution in [0.25, 0.3) is 0 Å². The maximum atomic E-state index is 11.6. The number of ether oxygens (including phenoxy) is 1. The zero-order chi connectivity index (χ0) is 13.5. The molecule has 0 aliphatic heterocycles. The van der Waals surface area contributed by atoms with Crippen LogP contribution in [0.1, 0.15) is 16.8 Å². The van der Waals surface area contributed by atoms with Gasteiger partial charge in [-0.3, -0.25) is 14.8 Å². The summed E-state index contributed by atoms with van der Waals surface area (Å²) in [6.45, 7) is 0. The number of hydroxylamine groups is 1. The third kappa shape index (κ3) is 3.87. The van der Waals surface area contributed by atoms with Gasteiger partial charge in [0.25, 0.3) is 5.91 Å². The molecule has 1 rings (SSSR count). The number of amides is 2. The van der Waals surface area contributed by atoms with Crippen LogP contribution in [0.15, 0.2) is 30.3 Å². The fourth-order valence-corrected chi connectivity index (χ4v) is 1.21. The molecule has 0 radical (unpaired) electrons. The Hall–Kier alpha value is -2.41. The second-order valence-corrected chi connectivity index (χ2v) is 3.41. The quantitative estimate of drug-likeness (QED) is 0.374. The molecule has 0 aliphatic rings. The molecule has 0 saturated heterocycles. The number of carbonyl (C=O) groups is 3. The Morgan fingerprint density at radius 1 is 1.28 bits per heavy atom. The molecule has 2 amide bonds. The van der Waals surface area contributed by atoms with Gasteiger partial charge in [0.05, 0.1) is 12.0 Å². The van der Waals surface area contributed by atoms with Gasteiger partial charge >= 0.3 is 5.97 Å². The maximum absolute atomic E-state index is 11.6. The number of carbonyl (C=O) groups excluding carboxylic acids is 3. The lowest BCUT2D eigenvalue weighted by Crippen LogP contribution is -2.38. The van der Waals surface area contributed by atoms with E-state index in [1.54, 1.807) is 18.2 Å². The Balaban J connectivity index is 2.74. The average Bonchev–Trinajstić information content (AvgIpc) is 2.37. The van der Waals surface area contributed by atoms with E-state index in [1.165, 1.54) is 17.6 Å². The Kier molecular flexibility index (Phi) is 4.82. The zero-order valence-electron chi connectivity index (χ0n) is 9.33. The summed E-state index contributed by atoms with van der Waals surface area (Å²) < 4.78 is 4.79. The summed E-state index contributed by atoms with van der Waals surface area (Å²) in [5.74, 6) is -2.63. The summed E-state index contributed by atoms with van der Waals surface area (Å²) in [5, 5.41) is 8.46. The lowest BCUT2D eigenvalue weighted by molar-refractivity contribution is -0.141. The molecule has 1 atom stereocenters. The molecular formula is C11H12N2O5. The van der Waals surface area contributed by atoms with E-state index in [2.05, 4.69) is 0 Å². The number of hydrogen-bond acceptors (Lipinski definition) is 5. The summed E-state index contributed by atoms with van der Waals surface area (Å²) in [5.41, 5.74) is 6.43. The van der Waals surface area contributed by atoms with Gasteiger partial charge in [0.2, 0.25) is 5.91 Å². The van der Waals surface area contributed by atoms with Gasteiger partial charge in [0.15, 0.2) is 6.10 Å². The van der Waals surface area contributed by atoms with Crippen LogP contribution in [0.5, 0.6) is 0 Å². The molecule has 0 saturated carbocycles. The minimum atomic E-state index is -1.46. The highest BCUT2D eigenvalue weighted by molar-refractivity contribution is 5.93.